The van der Waals surface area contributed by atoms with Crippen molar-refractivity contribution in [1.82, 2.24) is 5.32 Å². The van der Waals surface area contributed by atoms with Gasteiger partial charge in [-0.15, -0.1) is 0 Å². The number of carbonyl (C=O) groups excluding carboxylic acids is 1. The van der Waals surface area contributed by atoms with E-state index in [1.165, 1.54) is 0 Å². The van der Waals surface area contributed by atoms with Gasteiger partial charge in [0, 0.05) is 0 Å². The van der Waals surface area contributed by atoms with Crippen molar-refractivity contribution in [3.8, 4) is 0 Å². The summed E-state index contributed by atoms with van der Waals surface area (Å²) in [6.45, 7) is 0. The molecule has 0 aliphatic rings. The minimum Gasteiger partial charge on any atom is -0.480 e. The number of nitrogens with one attached hydrogen (secondary N) is 1. The minimum atomic E-state index is -1.46. The maximum Gasteiger partial charge on any atom is 0.432 e. The van der Waals surface area contributed by atoms with Crippen molar-refractivity contribution in [1.29, 1.82) is 0 Å². The van der Waals surface area contributed by atoms with E-state index >= 15 is 0 Å². The number of nitrogens with zero attached hydrogens (tertiary/aromatic N) is 1. The number of aliphatic imine (C=N–C) groups is 1. The van der Waals surface area contributed by atoms with E-state index in [-0.39, 0.29) is 0 Å². The van der Waals surface area contributed by atoms with Gasteiger partial charge >= 0.3 is 12.1 Å². The van der Waals surface area contributed by atoms with Gasteiger partial charge in [0.25, 0.3) is 0 Å². The smallest absolute Gasteiger partial charge is 0.432 e. The van der Waals surface area contributed by atoms with Gasteiger partial charge < -0.3 is 21.3 Å². The Morgan fingerprint density at radius 2 is 2.00 bits per heavy atom. The second-order valence-corrected chi connectivity index (χ2v) is 2.26. The normalized spacial score (nSPS) is 12.4. The molecule has 5 N–H and O–H groups in total. The van der Waals surface area contributed by atoms with Crippen LogP contribution in [0.25, 0.3) is 0 Å². The van der Waals surface area contributed by atoms with E-state index in [1.54, 1.807) is 0 Å². The molecule has 0 heterocycles. The Balaban J connectivity index is 3.88. The number of hydrogen-bond donors (Lipinski definition) is 4. The first kappa shape index (κ1) is 12.0. The molecular formula is C6H9N3O5. The molecule has 0 fully saturated rings. The van der Waals surface area contributed by atoms with Crippen molar-refractivity contribution in [2.45, 2.75) is 12.5 Å². The molecule has 0 aromatic carbocycles. The van der Waals surface area contributed by atoms with Crippen LogP contribution in [0.2, 0.25) is 0 Å². The molecule has 0 aromatic rings. The third kappa shape index (κ3) is 5.66. The van der Waals surface area contributed by atoms with Crippen LogP contribution in [0.5, 0.6) is 0 Å². The Morgan fingerprint density at radius 3 is 2.43 bits per heavy atom. The van der Waals surface area contributed by atoms with Gasteiger partial charge in [-0.1, -0.05) is 0 Å². The monoisotopic (exact) mass is 203 g/mol. The van der Waals surface area contributed by atoms with Gasteiger partial charge in [0.1, 0.15) is 12.4 Å². The fourth-order valence-corrected chi connectivity index (χ4v) is 0.505. The van der Waals surface area contributed by atoms with Crippen molar-refractivity contribution in [2.75, 3.05) is 0 Å². The van der Waals surface area contributed by atoms with Crippen LogP contribution in [0.15, 0.2) is 4.99 Å². The Bertz CT molecular complexity index is 275. The number of amides is 2. The van der Waals surface area contributed by atoms with Gasteiger partial charge in [-0.25, -0.2) is 4.79 Å². The molecule has 8 nitrogen and oxygen atoms in total. The van der Waals surface area contributed by atoms with Crippen LogP contribution in [0.1, 0.15) is 6.42 Å². The lowest BCUT2D eigenvalue weighted by molar-refractivity contribution is -0.140. The highest BCUT2D eigenvalue weighted by molar-refractivity contribution is 5.93. The Morgan fingerprint density at radius 1 is 1.43 bits per heavy atom. The largest absolute Gasteiger partial charge is 0.480 e. The predicted octanol–water partition coefficient (Wildman–Crippen LogP) is -1.39. The van der Waals surface area contributed by atoms with E-state index in [4.69, 9.17) is 15.9 Å². The molecule has 0 unspecified atom stereocenters. The average Bonchev–Trinajstić information content (AvgIpc) is 2.02. The number of nitrogens with two attached hydrogens (primary N) is 1. The Hall–Kier alpha value is -1.96. The minimum absolute atomic E-state index is 0.443. The molecule has 0 aromatic heterocycles. The highest BCUT2D eigenvalue weighted by Gasteiger charge is 2.15. The zero-order chi connectivity index (χ0) is 11.1. The van der Waals surface area contributed by atoms with Gasteiger partial charge in [0.05, 0.1) is 6.42 Å². The van der Waals surface area contributed by atoms with E-state index in [0.29, 0.717) is 6.34 Å². The lowest BCUT2D eigenvalue weighted by Crippen LogP contribution is -2.36. The van der Waals surface area contributed by atoms with Gasteiger partial charge in [0.2, 0.25) is 5.91 Å². The van der Waals surface area contributed by atoms with E-state index in [0.717, 1.165) is 0 Å². The first-order chi connectivity index (χ1) is 6.43. The van der Waals surface area contributed by atoms with Crippen molar-refractivity contribution in [3.05, 3.63) is 0 Å². The van der Waals surface area contributed by atoms with Gasteiger partial charge in [-0.05, 0) is 0 Å². The number of rotatable bonds is 4. The lowest BCUT2D eigenvalue weighted by atomic mass is 10.2. The summed E-state index contributed by atoms with van der Waals surface area (Å²) < 4.78 is 0. The van der Waals surface area contributed by atoms with Crippen LogP contribution in [-0.4, -0.2) is 40.6 Å². The molecule has 0 saturated carbocycles. The van der Waals surface area contributed by atoms with Crippen LogP contribution in [0.3, 0.4) is 0 Å². The standard InChI is InChI=1S/C6H9N3O5/c7-3(5(11)12)1-4(10)8-2-9-6(13)14/h2-3H,1,7H2,(H,11,12)(H,13,14)(H,8,9,10)/t3-/m1/s1. The summed E-state index contributed by atoms with van der Waals surface area (Å²) in [5.74, 6) is -2.03. The van der Waals surface area contributed by atoms with Crippen molar-refractivity contribution >= 4 is 24.3 Å². The number of hydrogen-bond acceptors (Lipinski definition) is 4. The first-order valence-corrected chi connectivity index (χ1v) is 3.46. The number of aliphatic carboxylic acids is 1. The van der Waals surface area contributed by atoms with Crippen LogP contribution in [-0.2, 0) is 9.59 Å². The number of carboxylic acids is 1. The SMILES string of the molecule is N[C@H](CC(=O)NC=NC(=O)O)C(=O)O. The fraction of sp³-hybridized carbons (Fsp3) is 0.333. The van der Waals surface area contributed by atoms with Crippen LogP contribution < -0.4 is 11.1 Å². The Labute approximate surface area is 78.4 Å². The summed E-state index contributed by atoms with van der Waals surface area (Å²) in [6.07, 6.45) is -1.26. The quantitative estimate of drug-likeness (QED) is 0.327. The maximum atomic E-state index is 10.8. The average molecular weight is 203 g/mol. The molecule has 1 atom stereocenters. The van der Waals surface area contributed by atoms with E-state index < -0.39 is 30.4 Å². The second-order valence-electron chi connectivity index (χ2n) is 2.26. The van der Waals surface area contributed by atoms with Crippen LogP contribution in [0.4, 0.5) is 4.79 Å². The predicted molar refractivity (Wildman–Crippen MR) is 44.9 cm³/mol. The molecule has 0 bridgehead atoms. The fourth-order valence-electron chi connectivity index (χ4n) is 0.505. The summed E-state index contributed by atoms with van der Waals surface area (Å²) in [4.78, 5) is 33.6. The number of carbonyl (C=O) groups is 3. The van der Waals surface area contributed by atoms with E-state index in [9.17, 15) is 14.4 Å². The van der Waals surface area contributed by atoms with Crippen LogP contribution in [0, 0.1) is 0 Å². The third-order valence-electron chi connectivity index (χ3n) is 1.12. The summed E-state index contributed by atoms with van der Waals surface area (Å²) in [7, 11) is 0. The molecule has 0 aliphatic carbocycles. The molecule has 78 valence electrons. The third-order valence-corrected chi connectivity index (χ3v) is 1.12. The molecule has 0 rings (SSSR count). The van der Waals surface area contributed by atoms with E-state index in [2.05, 4.69) is 4.99 Å². The topological polar surface area (TPSA) is 142 Å². The van der Waals surface area contributed by atoms with Crippen molar-refractivity contribution < 1.29 is 24.6 Å². The van der Waals surface area contributed by atoms with Crippen molar-refractivity contribution in [3.63, 3.8) is 0 Å². The molecule has 0 aliphatic heterocycles. The summed E-state index contributed by atoms with van der Waals surface area (Å²) in [5.41, 5.74) is 5.03. The zero-order valence-electron chi connectivity index (χ0n) is 7.01. The molecule has 0 spiro atoms. The first-order valence-electron chi connectivity index (χ1n) is 3.46. The van der Waals surface area contributed by atoms with Gasteiger partial charge in [-0.2, -0.15) is 4.99 Å². The molecule has 14 heavy (non-hydrogen) atoms. The van der Waals surface area contributed by atoms with Crippen molar-refractivity contribution in [2.24, 2.45) is 10.7 Å². The summed E-state index contributed by atoms with van der Waals surface area (Å²) in [6, 6.07) is -1.31. The second kappa shape index (κ2) is 5.65. The number of carboxylic acid groups (broad SMARTS) is 2. The molecular weight excluding hydrogens is 194 g/mol. The maximum absolute atomic E-state index is 10.8. The lowest BCUT2D eigenvalue weighted by Gasteiger charge is -2.03. The highest BCUT2D eigenvalue weighted by atomic mass is 16.4. The van der Waals surface area contributed by atoms with Crippen LogP contribution >= 0.6 is 0 Å². The highest BCUT2D eigenvalue weighted by Crippen LogP contribution is 1.86. The summed E-state index contributed by atoms with van der Waals surface area (Å²) >= 11 is 0. The molecule has 0 radical (unpaired) electrons. The zero-order valence-corrected chi connectivity index (χ0v) is 7.01. The van der Waals surface area contributed by atoms with E-state index in [1.807, 2.05) is 5.32 Å². The molecule has 2 amide bonds. The van der Waals surface area contributed by atoms with Gasteiger partial charge in [-0.3, -0.25) is 9.59 Å². The Kier molecular flexibility index (Phi) is 4.86. The molecule has 0 saturated heterocycles. The molecule has 8 heteroatoms. The van der Waals surface area contributed by atoms with Gasteiger partial charge in [0.15, 0.2) is 0 Å². The summed E-state index contributed by atoms with van der Waals surface area (Å²) in [5, 5.41) is 18.3.